The lowest BCUT2D eigenvalue weighted by Gasteiger charge is -2.24. The van der Waals surface area contributed by atoms with E-state index in [2.05, 4.69) is 10.6 Å². The smallest absolute Gasteiger partial charge is 0.274 e. The fraction of sp³-hybridized carbons (Fsp3) is 0.176. The molecule has 0 saturated carbocycles. The van der Waals surface area contributed by atoms with Gasteiger partial charge in [0.2, 0.25) is 11.8 Å². The number of carbonyl (C=O) groups is 2. The third-order valence-electron chi connectivity index (χ3n) is 4.04. The highest BCUT2D eigenvalue weighted by Crippen LogP contribution is 2.34. The number of anilines is 2. The van der Waals surface area contributed by atoms with Gasteiger partial charge in [-0.05, 0) is 30.7 Å². The Labute approximate surface area is 142 Å². The Morgan fingerprint density at radius 3 is 2.80 bits per heavy atom. The summed E-state index contributed by atoms with van der Waals surface area (Å²) in [6, 6.07) is 8.17. The van der Waals surface area contributed by atoms with Gasteiger partial charge in [0.05, 0.1) is 10.8 Å². The molecule has 1 aliphatic heterocycles. The van der Waals surface area contributed by atoms with Crippen LogP contribution in [0, 0.1) is 22.9 Å². The van der Waals surface area contributed by atoms with Crippen molar-refractivity contribution in [3.63, 3.8) is 0 Å². The highest BCUT2D eigenvalue weighted by atomic mass is 19.1. The van der Waals surface area contributed by atoms with E-state index in [0.717, 1.165) is 6.07 Å². The maximum atomic E-state index is 13.3. The van der Waals surface area contributed by atoms with Crippen LogP contribution < -0.4 is 10.6 Å². The second kappa shape index (κ2) is 6.31. The molecule has 0 radical (unpaired) electrons. The number of carbonyl (C=O) groups excluding carboxylic acids is 2. The van der Waals surface area contributed by atoms with Crippen LogP contribution in [0.25, 0.3) is 0 Å². The minimum absolute atomic E-state index is 0.0849. The monoisotopic (exact) mass is 343 g/mol. The molecule has 0 spiro atoms. The number of hydrogen-bond acceptors (Lipinski definition) is 4. The fourth-order valence-corrected chi connectivity index (χ4v) is 2.78. The first-order chi connectivity index (χ1) is 11.8. The lowest BCUT2D eigenvalue weighted by molar-refractivity contribution is -0.385. The summed E-state index contributed by atoms with van der Waals surface area (Å²) < 4.78 is 13.3. The average Bonchev–Trinajstić information content (AvgIpc) is 2.55. The van der Waals surface area contributed by atoms with Crippen molar-refractivity contribution in [3.05, 3.63) is 63.5 Å². The van der Waals surface area contributed by atoms with Gasteiger partial charge in [-0.2, -0.15) is 0 Å². The summed E-state index contributed by atoms with van der Waals surface area (Å²) in [6.45, 7) is 1.60. The first-order valence-corrected chi connectivity index (χ1v) is 7.50. The second-order valence-electron chi connectivity index (χ2n) is 5.78. The van der Waals surface area contributed by atoms with Gasteiger partial charge in [0.1, 0.15) is 5.82 Å². The van der Waals surface area contributed by atoms with Crippen LogP contribution >= 0.6 is 0 Å². The van der Waals surface area contributed by atoms with E-state index in [4.69, 9.17) is 0 Å². The van der Waals surface area contributed by atoms with Crippen LogP contribution in [-0.4, -0.2) is 16.7 Å². The van der Waals surface area contributed by atoms with Crippen LogP contribution in [0.3, 0.4) is 0 Å². The molecule has 1 heterocycles. The summed E-state index contributed by atoms with van der Waals surface area (Å²) in [7, 11) is 0. The zero-order chi connectivity index (χ0) is 18.1. The van der Waals surface area contributed by atoms with Gasteiger partial charge in [0.15, 0.2) is 0 Å². The van der Waals surface area contributed by atoms with Crippen LogP contribution in [0.1, 0.15) is 23.5 Å². The molecule has 0 bridgehead atoms. The number of rotatable bonds is 3. The standard InChI is InChI=1S/C17H14FN3O4/c1-9-2-4-11(7-15(9)21(24)25)19-17(23)13-8-16(22)20-14-6-10(18)3-5-12(13)14/h2-7,13H,8H2,1H3,(H,19,23)(H,20,22). The summed E-state index contributed by atoms with van der Waals surface area (Å²) >= 11 is 0. The Kier molecular flexibility index (Phi) is 4.18. The topological polar surface area (TPSA) is 101 Å². The zero-order valence-corrected chi connectivity index (χ0v) is 13.2. The van der Waals surface area contributed by atoms with Crippen molar-refractivity contribution in [2.45, 2.75) is 19.3 Å². The van der Waals surface area contributed by atoms with Gasteiger partial charge in [0.25, 0.3) is 5.69 Å². The highest BCUT2D eigenvalue weighted by molar-refractivity contribution is 6.05. The van der Waals surface area contributed by atoms with Crippen molar-refractivity contribution >= 4 is 28.9 Å². The molecule has 0 saturated heterocycles. The predicted octanol–water partition coefficient (Wildman–Crippen LogP) is 3.11. The van der Waals surface area contributed by atoms with Gasteiger partial charge in [-0.25, -0.2) is 4.39 Å². The molecule has 1 aliphatic rings. The molecule has 25 heavy (non-hydrogen) atoms. The first kappa shape index (κ1) is 16.6. The summed E-state index contributed by atoms with van der Waals surface area (Å²) in [5, 5.41) is 16.1. The Balaban J connectivity index is 1.88. The van der Waals surface area contributed by atoms with Gasteiger partial charge in [0, 0.05) is 29.4 Å². The molecule has 0 aromatic heterocycles. The van der Waals surface area contributed by atoms with Gasteiger partial charge < -0.3 is 10.6 Å². The number of halogens is 1. The Bertz CT molecular complexity index is 897. The molecule has 8 heteroatoms. The number of aryl methyl sites for hydroxylation is 1. The molecule has 2 aromatic carbocycles. The van der Waals surface area contributed by atoms with E-state index in [9.17, 15) is 24.1 Å². The van der Waals surface area contributed by atoms with Crippen LogP contribution in [0.15, 0.2) is 36.4 Å². The number of nitro groups is 1. The van der Waals surface area contributed by atoms with Crippen molar-refractivity contribution in [1.82, 2.24) is 0 Å². The van der Waals surface area contributed by atoms with Gasteiger partial charge >= 0.3 is 0 Å². The van der Waals surface area contributed by atoms with E-state index >= 15 is 0 Å². The molecule has 2 amide bonds. The normalized spacial score (nSPS) is 15.9. The Hall–Kier alpha value is -3.29. The lowest BCUT2D eigenvalue weighted by atomic mass is 9.89. The summed E-state index contributed by atoms with van der Waals surface area (Å²) in [6.07, 6.45) is -0.0849. The summed E-state index contributed by atoms with van der Waals surface area (Å²) in [5.41, 5.74) is 1.38. The average molecular weight is 343 g/mol. The first-order valence-electron chi connectivity index (χ1n) is 7.50. The minimum Gasteiger partial charge on any atom is -0.326 e. The maximum Gasteiger partial charge on any atom is 0.274 e. The number of fused-ring (bicyclic) bond motifs is 1. The molecule has 2 aromatic rings. The van der Waals surface area contributed by atoms with Crippen molar-refractivity contribution in [1.29, 1.82) is 0 Å². The summed E-state index contributed by atoms with van der Waals surface area (Å²) in [5.74, 6) is -2.20. The van der Waals surface area contributed by atoms with Crippen LogP contribution in [0.4, 0.5) is 21.5 Å². The predicted molar refractivity (Wildman–Crippen MR) is 88.9 cm³/mol. The lowest BCUT2D eigenvalue weighted by Crippen LogP contribution is -2.30. The Morgan fingerprint density at radius 2 is 2.08 bits per heavy atom. The molecular weight excluding hydrogens is 329 g/mol. The van der Waals surface area contributed by atoms with E-state index in [-0.39, 0.29) is 23.5 Å². The zero-order valence-electron chi connectivity index (χ0n) is 13.2. The van der Waals surface area contributed by atoms with E-state index in [0.29, 0.717) is 11.1 Å². The molecule has 0 aliphatic carbocycles. The molecule has 1 atom stereocenters. The van der Waals surface area contributed by atoms with Crippen LogP contribution in [0.5, 0.6) is 0 Å². The molecule has 3 rings (SSSR count). The summed E-state index contributed by atoms with van der Waals surface area (Å²) in [4.78, 5) is 34.8. The largest absolute Gasteiger partial charge is 0.326 e. The Morgan fingerprint density at radius 1 is 1.32 bits per heavy atom. The van der Waals surface area contributed by atoms with Crippen LogP contribution in [0.2, 0.25) is 0 Å². The molecule has 7 nitrogen and oxygen atoms in total. The fourth-order valence-electron chi connectivity index (χ4n) is 2.78. The van der Waals surface area contributed by atoms with Crippen molar-refractivity contribution < 1.29 is 18.9 Å². The van der Waals surface area contributed by atoms with Crippen molar-refractivity contribution in [2.24, 2.45) is 0 Å². The van der Waals surface area contributed by atoms with Gasteiger partial charge in [-0.3, -0.25) is 19.7 Å². The second-order valence-corrected chi connectivity index (χ2v) is 5.78. The number of nitrogens with zero attached hydrogens (tertiary/aromatic N) is 1. The molecule has 0 fully saturated rings. The third kappa shape index (κ3) is 3.32. The number of amides is 2. The number of nitrogens with one attached hydrogen (secondary N) is 2. The third-order valence-corrected chi connectivity index (χ3v) is 4.04. The van der Waals surface area contributed by atoms with Crippen molar-refractivity contribution in [3.8, 4) is 0 Å². The number of benzene rings is 2. The van der Waals surface area contributed by atoms with Crippen molar-refractivity contribution in [2.75, 3.05) is 10.6 Å². The van der Waals surface area contributed by atoms with E-state index in [1.807, 2.05) is 0 Å². The molecule has 2 N–H and O–H groups in total. The molecule has 1 unspecified atom stereocenters. The van der Waals surface area contributed by atoms with E-state index in [1.165, 1.54) is 24.3 Å². The highest BCUT2D eigenvalue weighted by Gasteiger charge is 2.31. The number of hydrogen-bond donors (Lipinski definition) is 2. The quantitative estimate of drug-likeness (QED) is 0.660. The SMILES string of the molecule is Cc1ccc(NC(=O)C2CC(=O)Nc3cc(F)ccc32)cc1[N+](=O)[O-]. The molecule has 128 valence electrons. The van der Waals surface area contributed by atoms with E-state index < -0.39 is 28.5 Å². The molecular formula is C17H14FN3O4. The number of nitro benzene ring substituents is 1. The van der Waals surface area contributed by atoms with Gasteiger partial charge in [-0.1, -0.05) is 12.1 Å². The van der Waals surface area contributed by atoms with Gasteiger partial charge in [-0.15, -0.1) is 0 Å². The van der Waals surface area contributed by atoms with E-state index in [1.54, 1.807) is 13.0 Å². The van der Waals surface area contributed by atoms with Crippen LogP contribution in [-0.2, 0) is 9.59 Å². The minimum atomic E-state index is -0.801. The maximum absolute atomic E-state index is 13.3.